The van der Waals surface area contributed by atoms with E-state index in [2.05, 4.69) is 10.4 Å². The summed E-state index contributed by atoms with van der Waals surface area (Å²) in [5.74, 6) is 0.329. The number of fused-ring (bicyclic) bond motifs is 1. The molecule has 2 heterocycles. The van der Waals surface area contributed by atoms with Crippen LogP contribution in [0.3, 0.4) is 0 Å². The maximum Gasteiger partial charge on any atom is 0.275 e. The summed E-state index contributed by atoms with van der Waals surface area (Å²) < 4.78 is 12.5. The molecule has 1 aromatic heterocycles. The molecule has 1 atom stereocenters. The smallest absolute Gasteiger partial charge is 0.275 e. The van der Waals surface area contributed by atoms with Gasteiger partial charge in [-0.15, -0.1) is 0 Å². The first-order chi connectivity index (χ1) is 13.7. The second-order valence-corrected chi connectivity index (χ2v) is 6.72. The average Bonchev–Trinajstić information content (AvgIpc) is 3.23. The van der Waals surface area contributed by atoms with Crippen molar-refractivity contribution in [2.45, 2.75) is 25.5 Å². The molecule has 1 N–H and O–H groups in total. The molecule has 1 fully saturated rings. The molecule has 0 radical (unpaired) electrons. The third-order valence-corrected chi connectivity index (χ3v) is 4.63. The maximum atomic E-state index is 12.5. The van der Waals surface area contributed by atoms with Gasteiger partial charge in [0.05, 0.1) is 17.7 Å². The van der Waals surface area contributed by atoms with Crippen LogP contribution in [0, 0.1) is 0 Å². The van der Waals surface area contributed by atoms with E-state index in [9.17, 15) is 9.59 Å². The minimum Gasteiger partial charge on any atom is -0.491 e. The summed E-state index contributed by atoms with van der Waals surface area (Å²) in [5.41, 5.74) is 0.311. The van der Waals surface area contributed by atoms with E-state index in [1.807, 2.05) is 18.2 Å². The Labute approximate surface area is 161 Å². The monoisotopic (exact) mass is 379 g/mol. The van der Waals surface area contributed by atoms with E-state index < -0.39 is 0 Å². The van der Waals surface area contributed by atoms with Gasteiger partial charge >= 0.3 is 0 Å². The Hall–Kier alpha value is -3.19. The predicted octanol–water partition coefficient (Wildman–Crippen LogP) is 2.59. The van der Waals surface area contributed by atoms with Crippen molar-refractivity contribution in [1.29, 1.82) is 0 Å². The first-order valence-corrected chi connectivity index (χ1v) is 9.28. The number of carbonyl (C=O) groups is 1. The van der Waals surface area contributed by atoms with Crippen molar-refractivity contribution in [2.24, 2.45) is 0 Å². The molecule has 0 bridgehead atoms. The Kier molecular flexibility index (Phi) is 5.34. The van der Waals surface area contributed by atoms with Crippen LogP contribution in [0.2, 0.25) is 0 Å². The highest BCUT2D eigenvalue weighted by molar-refractivity contribution is 5.91. The fraction of sp³-hybridized carbons (Fsp3) is 0.286. The second kappa shape index (κ2) is 8.22. The molecule has 144 valence electrons. The molecule has 1 aliphatic rings. The highest BCUT2D eigenvalue weighted by Crippen LogP contribution is 2.19. The molecule has 0 saturated carbocycles. The molecule has 1 aliphatic heterocycles. The highest BCUT2D eigenvalue weighted by Gasteiger charge is 2.16. The van der Waals surface area contributed by atoms with Crippen LogP contribution in [0.25, 0.3) is 10.8 Å². The largest absolute Gasteiger partial charge is 0.491 e. The average molecular weight is 379 g/mol. The van der Waals surface area contributed by atoms with Crippen LogP contribution in [0.4, 0.5) is 5.69 Å². The van der Waals surface area contributed by atoms with Crippen LogP contribution in [0.1, 0.15) is 12.8 Å². The Balaban J connectivity index is 1.40. The fourth-order valence-electron chi connectivity index (χ4n) is 3.21. The first kappa shape index (κ1) is 18.2. The predicted molar refractivity (Wildman–Crippen MR) is 106 cm³/mol. The van der Waals surface area contributed by atoms with Crippen molar-refractivity contribution in [2.75, 3.05) is 18.5 Å². The highest BCUT2D eigenvalue weighted by atomic mass is 16.5. The van der Waals surface area contributed by atoms with E-state index in [4.69, 9.17) is 9.47 Å². The molecular formula is C21H21N3O4. The number of nitrogens with zero attached hydrogens (tertiary/aromatic N) is 2. The molecule has 7 heteroatoms. The van der Waals surface area contributed by atoms with Gasteiger partial charge in [0, 0.05) is 23.7 Å². The van der Waals surface area contributed by atoms with Gasteiger partial charge < -0.3 is 14.8 Å². The van der Waals surface area contributed by atoms with Gasteiger partial charge in [0.25, 0.3) is 5.56 Å². The van der Waals surface area contributed by atoms with Crippen LogP contribution < -0.4 is 15.6 Å². The summed E-state index contributed by atoms with van der Waals surface area (Å²) in [6.07, 6.45) is 3.78. The number of hydrogen-bond donors (Lipinski definition) is 1. The van der Waals surface area contributed by atoms with Crippen molar-refractivity contribution >= 4 is 22.4 Å². The topological polar surface area (TPSA) is 82.5 Å². The molecule has 4 rings (SSSR count). The van der Waals surface area contributed by atoms with E-state index in [0.29, 0.717) is 23.4 Å². The van der Waals surface area contributed by atoms with Crippen LogP contribution in [0.5, 0.6) is 5.75 Å². The minimum atomic E-state index is -0.332. The SMILES string of the molecule is O=C(Cn1ncc2ccccc2c1=O)Nc1cccc(OCC2CCCO2)c1. The first-order valence-electron chi connectivity index (χ1n) is 9.28. The summed E-state index contributed by atoms with van der Waals surface area (Å²) in [6, 6.07) is 14.3. The van der Waals surface area contributed by atoms with Crippen molar-refractivity contribution in [3.8, 4) is 5.75 Å². The molecular weight excluding hydrogens is 358 g/mol. The molecule has 28 heavy (non-hydrogen) atoms. The standard InChI is InChI=1S/C21H21N3O4/c25-20(13-24-21(26)19-9-2-1-5-15(19)12-22-24)23-16-6-3-7-17(11-16)28-14-18-8-4-10-27-18/h1-3,5-7,9,11-12,18H,4,8,10,13-14H2,(H,23,25). The molecule has 1 unspecified atom stereocenters. The lowest BCUT2D eigenvalue weighted by Crippen LogP contribution is -2.29. The maximum absolute atomic E-state index is 12.5. The summed E-state index contributed by atoms with van der Waals surface area (Å²) in [6.45, 7) is 1.12. The number of carbonyl (C=O) groups excluding carboxylic acids is 1. The van der Waals surface area contributed by atoms with Gasteiger partial charge in [-0.3, -0.25) is 9.59 Å². The van der Waals surface area contributed by atoms with E-state index >= 15 is 0 Å². The van der Waals surface area contributed by atoms with E-state index in [1.165, 1.54) is 0 Å². The van der Waals surface area contributed by atoms with E-state index in [0.717, 1.165) is 29.5 Å². The molecule has 1 saturated heterocycles. The number of hydrogen-bond acceptors (Lipinski definition) is 5. The van der Waals surface area contributed by atoms with Gasteiger partial charge in [-0.05, 0) is 31.0 Å². The number of benzene rings is 2. The second-order valence-electron chi connectivity index (χ2n) is 6.72. The Morgan fingerprint density at radius 3 is 3.00 bits per heavy atom. The number of aromatic nitrogens is 2. The third kappa shape index (κ3) is 4.20. The Morgan fingerprint density at radius 1 is 1.25 bits per heavy atom. The lowest BCUT2D eigenvalue weighted by molar-refractivity contribution is -0.117. The lowest BCUT2D eigenvalue weighted by atomic mass is 10.2. The van der Waals surface area contributed by atoms with Crippen LogP contribution >= 0.6 is 0 Å². The third-order valence-electron chi connectivity index (χ3n) is 4.63. The van der Waals surface area contributed by atoms with E-state index in [1.54, 1.807) is 36.5 Å². The number of anilines is 1. The number of ether oxygens (including phenoxy) is 2. The molecule has 2 aromatic carbocycles. The summed E-state index contributed by atoms with van der Waals surface area (Å²) in [5, 5.41) is 8.16. The van der Waals surface area contributed by atoms with Crippen molar-refractivity contribution < 1.29 is 14.3 Å². The molecule has 1 amide bonds. The minimum absolute atomic E-state index is 0.129. The van der Waals surface area contributed by atoms with Gasteiger partial charge in [-0.25, -0.2) is 4.68 Å². The van der Waals surface area contributed by atoms with Gasteiger partial charge in [0.15, 0.2) is 0 Å². The zero-order valence-corrected chi connectivity index (χ0v) is 15.3. The van der Waals surface area contributed by atoms with Crippen molar-refractivity contribution in [3.63, 3.8) is 0 Å². The van der Waals surface area contributed by atoms with Gasteiger partial charge in [0.2, 0.25) is 5.91 Å². The van der Waals surface area contributed by atoms with Crippen LogP contribution in [-0.2, 0) is 16.1 Å². The van der Waals surface area contributed by atoms with Gasteiger partial charge in [-0.2, -0.15) is 5.10 Å². The lowest BCUT2D eigenvalue weighted by Gasteiger charge is -2.13. The summed E-state index contributed by atoms with van der Waals surface area (Å²) in [4.78, 5) is 24.8. The molecule has 7 nitrogen and oxygen atoms in total. The van der Waals surface area contributed by atoms with Crippen molar-refractivity contribution in [1.82, 2.24) is 9.78 Å². The van der Waals surface area contributed by atoms with Gasteiger partial charge in [-0.1, -0.05) is 24.3 Å². The Morgan fingerprint density at radius 2 is 2.14 bits per heavy atom. The normalized spacial score (nSPS) is 16.2. The Bertz CT molecular complexity index is 1040. The number of rotatable bonds is 6. The number of amides is 1. The molecule has 0 spiro atoms. The quantitative estimate of drug-likeness (QED) is 0.712. The fourth-order valence-corrected chi connectivity index (χ4v) is 3.21. The summed E-state index contributed by atoms with van der Waals surface area (Å²) >= 11 is 0. The zero-order valence-electron chi connectivity index (χ0n) is 15.3. The molecule has 3 aromatic rings. The zero-order chi connectivity index (χ0) is 19.3. The van der Waals surface area contributed by atoms with Crippen LogP contribution in [0.15, 0.2) is 59.5 Å². The van der Waals surface area contributed by atoms with Crippen molar-refractivity contribution in [3.05, 3.63) is 65.1 Å². The number of nitrogens with one attached hydrogen (secondary N) is 1. The van der Waals surface area contributed by atoms with E-state index in [-0.39, 0.29) is 24.1 Å². The summed E-state index contributed by atoms with van der Waals surface area (Å²) in [7, 11) is 0. The van der Waals surface area contributed by atoms with Gasteiger partial charge in [0.1, 0.15) is 18.9 Å². The molecule has 0 aliphatic carbocycles. The van der Waals surface area contributed by atoms with Crippen LogP contribution in [-0.4, -0.2) is 35.0 Å².